The number of carbonyl (C=O) groups excluding carboxylic acids is 1. The Labute approximate surface area is 235 Å². The molecular weight excluding hydrogens is 506 g/mol. The molecule has 0 radical (unpaired) electrons. The van der Waals surface area contributed by atoms with E-state index in [-0.39, 0.29) is 12.3 Å². The molecular formula is C32H37N3O5. The van der Waals surface area contributed by atoms with Crippen LogP contribution in [0.4, 0.5) is 0 Å². The van der Waals surface area contributed by atoms with Gasteiger partial charge in [0.2, 0.25) is 5.91 Å². The van der Waals surface area contributed by atoms with Gasteiger partial charge in [0.25, 0.3) is 0 Å². The summed E-state index contributed by atoms with van der Waals surface area (Å²) in [6.45, 7) is 5.46. The van der Waals surface area contributed by atoms with E-state index in [9.17, 15) is 4.79 Å². The number of imidazole rings is 1. The minimum Gasteiger partial charge on any atom is -0.493 e. The van der Waals surface area contributed by atoms with Gasteiger partial charge in [-0.05, 0) is 60.4 Å². The number of methoxy groups -OCH3 is 3. The molecule has 0 spiro atoms. The number of aromatic nitrogens is 2. The van der Waals surface area contributed by atoms with Crippen LogP contribution in [0.2, 0.25) is 0 Å². The van der Waals surface area contributed by atoms with Gasteiger partial charge in [0.1, 0.15) is 12.4 Å². The van der Waals surface area contributed by atoms with Gasteiger partial charge in [-0.3, -0.25) is 4.79 Å². The third kappa shape index (κ3) is 7.14. The fourth-order valence-corrected chi connectivity index (χ4v) is 4.65. The van der Waals surface area contributed by atoms with Crippen LogP contribution in [0.25, 0.3) is 11.0 Å². The van der Waals surface area contributed by atoms with E-state index < -0.39 is 0 Å². The second-order valence-corrected chi connectivity index (χ2v) is 9.31. The number of allylic oxidation sites excluding steroid dienone is 1. The molecule has 0 aliphatic heterocycles. The van der Waals surface area contributed by atoms with E-state index in [4.69, 9.17) is 23.9 Å². The number of benzene rings is 3. The summed E-state index contributed by atoms with van der Waals surface area (Å²) in [5.74, 6) is 3.59. The fourth-order valence-electron chi connectivity index (χ4n) is 4.65. The van der Waals surface area contributed by atoms with Gasteiger partial charge >= 0.3 is 0 Å². The van der Waals surface area contributed by atoms with E-state index in [1.165, 1.54) is 0 Å². The fraction of sp³-hybridized carbons (Fsp3) is 0.312. The molecule has 1 aromatic heterocycles. The Morgan fingerprint density at radius 3 is 2.40 bits per heavy atom. The lowest BCUT2D eigenvalue weighted by molar-refractivity contribution is -0.120. The topological polar surface area (TPSA) is 83.8 Å². The van der Waals surface area contributed by atoms with Crippen molar-refractivity contribution in [3.8, 4) is 23.0 Å². The molecule has 1 N–H and O–H groups in total. The SMILES string of the molecule is C=CCc1ccc(OCCn2c(CCCNC(=O)Cc3ccc(OC)c(OC)c3)nc3ccccc32)c(OC)c1. The van der Waals surface area contributed by atoms with Gasteiger partial charge < -0.3 is 28.8 Å². The molecule has 8 nitrogen and oxygen atoms in total. The van der Waals surface area contributed by atoms with Crippen LogP contribution in [0.1, 0.15) is 23.4 Å². The number of carbonyl (C=O) groups is 1. The molecule has 0 bridgehead atoms. The highest BCUT2D eigenvalue weighted by molar-refractivity contribution is 5.79. The highest BCUT2D eigenvalue weighted by Gasteiger charge is 2.13. The molecule has 4 aromatic rings. The lowest BCUT2D eigenvalue weighted by atomic mass is 10.1. The summed E-state index contributed by atoms with van der Waals surface area (Å²) in [5, 5.41) is 3.02. The molecule has 1 heterocycles. The molecule has 40 heavy (non-hydrogen) atoms. The zero-order chi connectivity index (χ0) is 28.3. The molecule has 8 heteroatoms. The van der Waals surface area contributed by atoms with Crippen LogP contribution in [0.15, 0.2) is 73.3 Å². The van der Waals surface area contributed by atoms with Crippen molar-refractivity contribution in [3.63, 3.8) is 0 Å². The molecule has 0 aliphatic carbocycles. The van der Waals surface area contributed by atoms with Crippen LogP contribution in [0, 0.1) is 0 Å². The lowest BCUT2D eigenvalue weighted by Crippen LogP contribution is -2.26. The number of para-hydroxylation sites is 2. The van der Waals surface area contributed by atoms with Gasteiger partial charge in [0, 0.05) is 13.0 Å². The van der Waals surface area contributed by atoms with Crippen molar-refractivity contribution in [1.29, 1.82) is 0 Å². The van der Waals surface area contributed by atoms with Crippen LogP contribution < -0.4 is 24.3 Å². The van der Waals surface area contributed by atoms with Crippen LogP contribution in [0.3, 0.4) is 0 Å². The first-order chi connectivity index (χ1) is 19.6. The van der Waals surface area contributed by atoms with E-state index in [1.807, 2.05) is 60.7 Å². The summed E-state index contributed by atoms with van der Waals surface area (Å²) in [4.78, 5) is 17.4. The molecule has 0 fully saturated rings. The molecule has 0 saturated heterocycles. The second kappa shape index (κ2) is 14.1. The largest absolute Gasteiger partial charge is 0.493 e. The standard InChI is InChI=1S/C32H37N3O5/c1-5-9-23-13-16-28(30(20-23)39-4)40-19-18-35-26-11-7-6-10-25(26)34-31(35)12-8-17-33-32(36)22-24-14-15-27(37-2)29(21-24)38-3/h5-7,10-11,13-16,20-21H,1,8-9,12,17-19,22H2,2-4H3,(H,33,36). The zero-order valence-corrected chi connectivity index (χ0v) is 23.4. The first-order valence-corrected chi connectivity index (χ1v) is 13.4. The number of hydrogen-bond acceptors (Lipinski definition) is 6. The van der Waals surface area contributed by atoms with Gasteiger partial charge in [-0.25, -0.2) is 4.98 Å². The first-order valence-electron chi connectivity index (χ1n) is 13.4. The van der Waals surface area contributed by atoms with E-state index in [0.717, 1.165) is 47.2 Å². The van der Waals surface area contributed by atoms with E-state index in [1.54, 1.807) is 21.3 Å². The Morgan fingerprint density at radius 2 is 1.62 bits per heavy atom. The quantitative estimate of drug-likeness (QED) is 0.165. The molecule has 0 aliphatic rings. The van der Waals surface area contributed by atoms with E-state index >= 15 is 0 Å². The number of nitrogens with zero attached hydrogens (tertiary/aromatic N) is 2. The van der Waals surface area contributed by atoms with Gasteiger partial charge in [-0.15, -0.1) is 6.58 Å². The third-order valence-corrected chi connectivity index (χ3v) is 6.63. The Balaban J connectivity index is 1.33. The number of ether oxygens (including phenoxy) is 4. The molecule has 0 saturated carbocycles. The average molecular weight is 544 g/mol. The Hall–Kier alpha value is -4.46. The van der Waals surface area contributed by atoms with Crippen molar-refractivity contribution in [1.82, 2.24) is 14.9 Å². The molecule has 0 unspecified atom stereocenters. The Kier molecular flexibility index (Phi) is 10.0. The van der Waals surface area contributed by atoms with Crippen LogP contribution in [-0.4, -0.2) is 49.9 Å². The summed E-state index contributed by atoms with van der Waals surface area (Å²) in [6.07, 6.45) is 4.40. The third-order valence-electron chi connectivity index (χ3n) is 6.63. The zero-order valence-electron chi connectivity index (χ0n) is 23.4. The minimum absolute atomic E-state index is 0.0396. The van der Waals surface area contributed by atoms with Crippen molar-refractivity contribution < 1.29 is 23.7 Å². The molecule has 4 rings (SSSR count). The number of rotatable bonds is 15. The number of fused-ring (bicyclic) bond motifs is 1. The molecule has 210 valence electrons. The number of nitrogens with one attached hydrogen (secondary N) is 1. The van der Waals surface area contributed by atoms with Crippen molar-refractivity contribution in [2.45, 2.75) is 32.2 Å². The van der Waals surface area contributed by atoms with Crippen molar-refractivity contribution in [3.05, 3.63) is 90.3 Å². The van der Waals surface area contributed by atoms with Crippen LogP contribution in [-0.2, 0) is 30.6 Å². The maximum Gasteiger partial charge on any atom is 0.224 e. The number of aryl methyl sites for hydroxylation is 1. The van der Waals surface area contributed by atoms with Crippen molar-refractivity contribution >= 4 is 16.9 Å². The summed E-state index contributed by atoms with van der Waals surface area (Å²) in [5.41, 5.74) is 4.00. The predicted octanol–water partition coefficient (Wildman–Crippen LogP) is 5.16. The molecule has 3 aromatic carbocycles. The van der Waals surface area contributed by atoms with E-state index in [2.05, 4.69) is 22.5 Å². The van der Waals surface area contributed by atoms with Gasteiger partial charge in [-0.1, -0.05) is 30.3 Å². The van der Waals surface area contributed by atoms with E-state index in [0.29, 0.717) is 42.7 Å². The average Bonchev–Trinajstić information content (AvgIpc) is 3.33. The second-order valence-electron chi connectivity index (χ2n) is 9.31. The van der Waals surface area contributed by atoms with Crippen molar-refractivity contribution in [2.24, 2.45) is 0 Å². The maximum absolute atomic E-state index is 12.5. The summed E-state index contributed by atoms with van der Waals surface area (Å²) < 4.78 is 24.4. The first kappa shape index (κ1) is 28.5. The lowest BCUT2D eigenvalue weighted by Gasteiger charge is -2.14. The highest BCUT2D eigenvalue weighted by Crippen LogP contribution is 2.29. The summed E-state index contributed by atoms with van der Waals surface area (Å²) in [7, 11) is 4.82. The normalized spacial score (nSPS) is 10.8. The van der Waals surface area contributed by atoms with Crippen LogP contribution >= 0.6 is 0 Å². The summed E-state index contributed by atoms with van der Waals surface area (Å²) in [6, 6.07) is 19.5. The van der Waals surface area contributed by atoms with Gasteiger partial charge in [-0.2, -0.15) is 0 Å². The Morgan fingerprint density at radius 1 is 0.925 bits per heavy atom. The van der Waals surface area contributed by atoms with Gasteiger partial charge in [0.15, 0.2) is 23.0 Å². The highest BCUT2D eigenvalue weighted by atomic mass is 16.5. The summed E-state index contributed by atoms with van der Waals surface area (Å²) >= 11 is 0. The maximum atomic E-state index is 12.5. The molecule has 0 atom stereocenters. The number of amides is 1. The van der Waals surface area contributed by atoms with Crippen LogP contribution in [0.5, 0.6) is 23.0 Å². The minimum atomic E-state index is -0.0396. The number of hydrogen-bond donors (Lipinski definition) is 1. The van der Waals surface area contributed by atoms with Gasteiger partial charge in [0.05, 0.1) is 45.3 Å². The molecule has 1 amide bonds. The monoisotopic (exact) mass is 543 g/mol. The Bertz CT molecular complexity index is 1450. The predicted molar refractivity (Wildman–Crippen MR) is 157 cm³/mol. The van der Waals surface area contributed by atoms with Crippen molar-refractivity contribution in [2.75, 3.05) is 34.5 Å². The smallest absolute Gasteiger partial charge is 0.224 e.